The molecule has 0 atom stereocenters. The predicted octanol–water partition coefficient (Wildman–Crippen LogP) is 3.66. The van der Waals surface area contributed by atoms with Crippen molar-refractivity contribution in [3.05, 3.63) is 65.0 Å². The third-order valence-corrected chi connectivity index (χ3v) is 3.95. The molecule has 1 amide bonds. The van der Waals surface area contributed by atoms with Crippen LogP contribution in [0.2, 0.25) is 0 Å². The Bertz CT molecular complexity index is 681. The van der Waals surface area contributed by atoms with Crippen LogP contribution in [0.3, 0.4) is 0 Å². The van der Waals surface area contributed by atoms with E-state index in [0.29, 0.717) is 12.1 Å². The Morgan fingerprint density at radius 1 is 1.24 bits per heavy atom. The summed E-state index contributed by atoms with van der Waals surface area (Å²) < 4.78 is 13.7. The molecule has 0 radical (unpaired) electrons. The summed E-state index contributed by atoms with van der Waals surface area (Å²) in [6, 6.07) is 12.6. The normalized spacial score (nSPS) is 13.9. The fourth-order valence-corrected chi connectivity index (χ4v) is 2.89. The van der Waals surface area contributed by atoms with Crippen molar-refractivity contribution in [2.45, 2.75) is 26.2 Å². The van der Waals surface area contributed by atoms with Crippen LogP contribution in [0, 0.1) is 12.7 Å². The first-order valence-corrected chi connectivity index (χ1v) is 7.28. The third kappa shape index (κ3) is 2.82. The summed E-state index contributed by atoms with van der Waals surface area (Å²) in [4.78, 5) is 14.3. The third-order valence-electron chi connectivity index (χ3n) is 3.95. The van der Waals surface area contributed by atoms with Crippen LogP contribution >= 0.6 is 0 Å². The van der Waals surface area contributed by atoms with Crippen molar-refractivity contribution in [2.75, 3.05) is 11.4 Å². The van der Waals surface area contributed by atoms with Crippen LogP contribution in [0.4, 0.5) is 10.1 Å². The van der Waals surface area contributed by atoms with E-state index in [0.717, 1.165) is 18.5 Å². The Labute approximate surface area is 124 Å². The van der Waals surface area contributed by atoms with Gasteiger partial charge in [0.15, 0.2) is 0 Å². The first kappa shape index (κ1) is 13.8. The molecule has 1 aliphatic rings. The number of aryl methyl sites for hydroxylation is 2. The molecule has 0 aromatic heterocycles. The van der Waals surface area contributed by atoms with E-state index >= 15 is 0 Å². The maximum Gasteiger partial charge on any atom is 0.231 e. The van der Waals surface area contributed by atoms with Crippen LogP contribution < -0.4 is 4.90 Å². The lowest BCUT2D eigenvalue weighted by atomic mass is 9.99. The van der Waals surface area contributed by atoms with Crippen molar-refractivity contribution in [3.8, 4) is 0 Å². The first-order chi connectivity index (χ1) is 10.1. The number of benzene rings is 2. The molecule has 0 saturated carbocycles. The van der Waals surface area contributed by atoms with Crippen molar-refractivity contribution in [3.63, 3.8) is 0 Å². The van der Waals surface area contributed by atoms with E-state index in [2.05, 4.69) is 13.0 Å². The highest BCUT2D eigenvalue weighted by atomic mass is 19.1. The van der Waals surface area contributed by atoms with Crippen molar-refractivity contribution in [1.29, 1.82) is 0 Å². The fourth-order valence-electron chi connectivity index (χ4n) is 2.89. The molecule has 1 heterocycles. The number of amides is 1. The van der Waals surface area contributed by atoms with E-state index in [1.807, 2.05) is 12.1 Å². The van der Waals surface area contributed by atoms with Gasteiger partial charge in [-0.15, -0.1) is 0 Å². The number of halogens is 1. The van der Waals surface area contributed by atoms with Crippen molar-refractivity contribution < 1.29 is 9.18 Å². The Kier molecular flexibility index (Phi) is 3.74. The van der Waals surface area contributed by atoms with Crippen molar-refractivity contribution >= 4 is 11.6 Å². The summed E-state index contributed by atoms with van der Waals surface area (Å²) in [7, 11) is 0. The highest BCUT2D eigenvalue weighted by molar-refractivity contribution is 5.96. The number of nitrogens with zero attached hydrogens (tertiary/aromatic N) is 1. The molecule has 0 aliphatic carbocycles. The zero-order chi connectivity index (χ0) is 14.8. The smallest absolute Gasteiger partial charge is 0.231 e. The molecule has 0 unspecified atom stereocenters. The minimum Gasteiger partial charge on any atom is -0.312 e. The molecule has 0 saturated heterocycles. The minimum absolute atomic E-state index is 0.0371. The van der Waals surface area contributed by atoms with E-state index in [1.165, 1.54) is 17.2 Å². The summed E-state index contributed by atoms with van der Waals surface area (Å²) in [6.07, 6.45) is 2.07. The minimum atomic E-state index is -0.313. The van der Waals surface area contributed by atoms with Gasteiger partial charge in [-0.3, -0.25) is 4.79 Å². The monoisotopic (exact) mass is 283 g/mol. The number of anilines is 1. The fraction of sp³-hybridized carbons (Fsp3) is 0.278. The summed E-state index contributed by atoms with van der Waals surface area (Å²) in [5.41, 5.74) is 3.86. The molecule has 3 heteroatoms. The molecule has 0 fully saturated rings. The van der Waals surface area contributed by atoms with Gasteiger partial charge in [0.2, 0.25) is 5.91 Å². The Morgan fingerprint density at radius 2 is 2.05 bits per heavy atom. The Hall–Kier alpha value is -2.16. The topological polar surface area (TPSA) is 20.3 Å². The largest absolute Gasteiger partial charge is 0.312 e. The van der Waals surface area contributed by atoms with E-state index < -0.39 is 0 Å². The highest BCUT2D eigenvalue weighted by Gasteiger charge is 2.23. The van der Waals surface area contributed by atoms with Gasteiger partial charge in [-0.1, -0.05) is 35.9 Å². The lowest BCUT2D eigenvalue weighted by Gasteiger charge is -2.30. The van der Waals surface area contributed by atoms with Crippen LogP contribution in [0.5, 0.6) is 0 Å². The second-order valence-corrected chi connectivity index (χ2v) is 5.55. The molecule has 2 aromatic carbocycles. The number of hydrogen-bond donors (Lipinski definition) is 0. The van der Waals surface area contributed by atoms with Gasteiger partial charge in [-0.2, -0.15) is 0 Å². The van der Waals surface area contributed by atoms with E-state index in [9.17, 15) is 9.18 Å². The molecule has 0 N–H and O–H groups in total. The molecule has 3 rings (SSSR count). The lowest BCUT2D eigenvalue weighted by Crippen LogP contribution is -2.36. The first-order valence-electron chi connectivity index (χ1n) is 7.28. The number of fused-ring (bicyclic) bond motifs is 1. The predicted molar refractivity (Wildman–Crippen MR) is 82.0 cm³/mol. The van der Waals surface area contributed by atoms with Gasteiger partial charge in [0.1, 0.15) is 5.82 Å². The molecule has 21 heavy (non-hydrogen) atoms. The zero-order valence-electron chi connectivity index (χ0n) is 12.1. The van der Waals surface area contributed by atoms with Gasteiger partial charge in [0.25, 0.3) is 0 Å². The quantitative estimate of drug-likeness (QED) is 0.823. The second kappa shape index (κ2) is 5.68. The number of hydrogen-bond acceptors (Lipinski definition) is 1. The van der Waals surface area contributed by atoms with Crippen molar-refractivity contribution in [2.24, 2.45) is 0 Å². The standard InChI is InChI=1S/C18H18FNO/c1-13-8-9-17-15(11-13)6-4-10-20(17)18(21)12-14-5-2-3-7-16(14)19/h2-3,5,7-9,11H,4,6,10,12H2,1H3. The number of rotatable bonds is 2. The molecule has 2 nitrogen and oxygen atoms in total. The average molecular weight is 283 g/mol. The average Bonchev–Trinajstić information content (AvgIpc) is 2.48. The molecule has 1 aliphatic heterocycles. The summed E-state index contributed by atoms with van der Waals surface area (Å²) in [5, 5.41) is 0. The maximum atomic E-state index is 13.7. The van der Waals surface area contributed by atoms with Gasteiger partial charge >= 0.3 is 0 Å². The van der Waals surface area contributed by atoms with Gasteiger partial charge in [0, 0.05) is 12.2 Å². The van der Waals surface area contributed by atoms with Gasteiger partial charge in [0.05, 0.1) is 6.42 Å². The molecule has 0 spiro atoms. The SMILES string of the molecule is Cc1ccc2c(c1)CCCN2C(=O)Cc1ccccc1F. The van der Waals surface area contributed by atoms with Gasteiger partial charge in [-0.25, -0.2) is 4.39 Å². The second-order valence-electron chi connectivity index (χ2n) is 5.55. The van der Waals surface area contributed by atoms with Crippen LogP contribution in [-0.2, 0) is 17.6 Å². The summed E-state index contributed by atoms with van der Waals surface area (Å²) >= 11 is 0. The molecule has 0 bridgehead atoms. The van der Waals surface area contributed by atoms with E-state index in [4.69, 9.17) is 0 Å². The molecule has 2 aromatic rings. The molecular weight excluding hydrogens is 265 g/mol. The highest BCUT2D eigenvalue weighted by Crippen LogP contribution is 2.28. The van der Waals surface area contributed by atoms with Gasteiger partial charge < -0.3 is 4.90 Å². The van der Waals surface area contributed by atoms with Crippen LogP contribution in [-0.4, -0.2) is 12.5 Å². The number of carbonyl (C=O) groups is 1. The van der Waals surface area contributed by atoms with Crippen LogP contribution in [0.15, 0.2) is 42.5 Å². The van der Waals surface area contributed by atoms with E-state index in [1.54, 1.807) is 23.1 Å². The summed E-state index contributed by atoms with van der Waals surface area (Å²) in [6.45, 7) is 2.77. The number of carbonyl (C=O) groups excluding carboxylic acids is 1. The van der Waals surface area contributed by atoms with Gasteiger partial charge in [-0.05, 0) is 43.0 Å². The molecular formula is C18H18FNO. The Balaban J connectivity index is 1.85. The maximum absolute atomic E-state index is 13.7. The van der Waals surface area contributed by atoms with Crippen LogP contribution in [0.25, 0.3) is 0 Å². The molecule has 108 valence electrons. The lowest BCUT2D eigenvalue weighted by molar-refractivity contribution is -0.118. The summed E-state index contributed by atoms with van der Waals surface area (Å²) in [5.74, 6) is -0.350. The zero-order valence-corrected chi connectivity index (χ0v) is 12.1. The Morgan fingerprint density at radius 3 is 2.86 bits per heavy atom. The van der Waals surface area contributed by atoms with Crippen LogP contribution in [0.1, 0.15) is 23.1 Å². The van der Waals surface area contributed by atoms with Crippen molar-refractivity contribution in [1.82, 2.24) is 0 Å². The van der Waals surface area contributed by atoms with E-state index in [-0.39, 0.29) is 18.1 Å².